The van der Waals surface area contributed by atoms with Crippen LogP contribution in [-0.4, -0.2) is 10.2 Å². The van der Waals surface area contributed by atoms with Crippen molar-refractivity contribution in [1.82, 2.24) is 10.2 Å². The third kappa shape index (κ3) is 3.55. The molecule has 114 valence electrons. The molecule has 5 nitrogen and oxygen atoms in total. The van der Waals surface area contributed by atoms with Crippen LogP contribution in [-0.2, 0) is 6.42 Å². The molecule has 0 saturated heterocycles. The van der Waals surface area contributed by atoms with Gasteiger partial charge in [0.1, 0.15) is 6.04 Å². The minimum atomic E-state index is -0.109. The summed E-state index contributed by atoms with van der Waals surface area (Å²) in [4.78, 5) is 0. The lowest BCUT2D eigenvalue weighted by Gasteiger charge is -2.11. The number of aromatic nitrogens is 2. The molecule has 0 radical (unpaired) electrons. The molecule has 3 rings (SSSR count). The zero-order chi connectivity index (χ0) is 16.1. The van der Waals surface area contributed by atoms with E-state index >= 15 is 0 Å². The maximum Gasteiger partial charge on any atom is 0.247 e. The Hall–Kier alpha value is -3.13. The van der Waals surface area contributed by atoms with Crippen molar-refractivity contribution in [2.75, 3.05) is 5.32 Å². The number of nitrogens with one attached hydrogen (secondary N) is 1. The van der Waals surface area contributed by atoms with Crippen LogP contribution in [0.1, 0.15) is 24.4 Å². The summed E-state index contributed by atoms with van der Waals surface area (Å²) in [6.07, 6.45) is 0.417. The standard InChI is InChI=1S/C18H16N4O/c1-13(20-16-9-7-14(8-10-16)11-12-19)17-21-22-18(23-17)15-5-3-2-4-6-15/h2-10,13,20H,11H2,1H3. The number of benzene rings is 2. The highest BCUT2D eigenvalue weighted by Gasteiger charge is 2.14. The van der Waals surface area contributed by atoms with Crippen molar-refractivity contribution >= 4 is 5.69 Å². The molecule has 0 fully saturated rings. The van der Waals surface area contributed by atoms with Crippen molar-refractivity contribution in [2.45, 2.75) is 19.4 Å². The highest BCUT2D eigenvalue weighted by molar-refractivity contribution is 5.52. The van der Waals surface area contributed by atoms with Crippen LogP contribution < -0.4 is 5.32 Å². The summed E-state index contributed by atoms with van der Waals surface area (Å²) in [6.45, 7) is 1.96. The Morgan fingerprint density at radius 2 is 1.83 bits per heavy atom. The van der Waals surface area contributed by atoms with E-state index < -0.39 is 0 Å². The van der Waals surface area contributed by atoms with E-state index in [2.05, 4.69) is 21.6 Å². The molecule has 0 aliphatic heterocycles. The lowest BCUT2D eigenvalue weighted by molar-refractivity contribution is 0.485. The number of nitrogens with zero attached hydrogens (tertiary/aromatic N) is 3. The SMILES string of the molecule is CC(Nc1ccc(CC#N)cc1)c1nnc(-c2ccccc2)o1. The van der Waals surface area contributed by atoms with Crippen molar-refractivity contribution in [3.63, 3.8) is 0 Å². The van der Waals surface area contributed by atoms with Gasteiger partial charge in [-0.15, -0.1) is 10.2 Å². The van der Waals surface area contributed by atoms with Crippen LogP contribution >= 0.6 is 0 Å². The Morgan fingerprint density at radius 3 is 2.52 bits per heavy atom. The predicted octanol–water partition coefficient (Wildman–Crippen LogP) is 3.98. The molecule has 0 saturated carbocycles. The van der Waals surface area contributed by atoms with E-state index in [9.17, 15) is 0 Å². The van der Waals surface area contributed by atoms with Gasteiger partial charge in [-0.25, -0.2) is 0 Å². The highest BCUT2D eigenvalue weighted by atomic mass is 16.4. The highest BCUT2D eigenvalue weighted by Crippen LogP contribution is 2.23. The van der Waals surface area contributed by atoms with Gasteiger partial charge in [0.15, 0.2) is 0 Å². The van der Waals surface area contributed by atoms with E-state index in [4.69, 9.17) is 9.68 Å². The second-order valence-electron chi connectivity index (χ2n) is 5.21. The number of anilines is 1. The van der Waals surface area contributed by atoms with Crippen molar-refractivity contribution in [1.29, 1.82) is 5.26 Å². The third-order valence-electron chi connectivity index (χ3n) is 3.45. The molecule has 2 aromatic carbocycles. The Morgan fingerprint density at radius 1 is 1.09 bits per heavy atom. The molecule has 3 aromatic rings. The number of rotatable bonds is 5. The number of hydrogen-bond acceptors (Lipinski definition) is 5. The molecule has 1 atom stereocenters. The molecule has 1 N–H and O–H groups in total. The Kier molecular flexibility index (Phi) is 4.34. The molecule has 23 heavy (non-hydrogen) atoms. The largest absolute Gasteiger partial charge is 0.418 e. The first kappa shape index (κ1) is 14.8. The summed E-state index contributed by atoms with van der Waals surface area (Å²) < 4.78 is 5.74. The lowest BCUT2D eigenvalue weighted by atomic mass is 10.1. The first-order valence-corrected chi connectivity index (χ1v) is 7.37. The summed E-state index contributed by atoms with van der Waals surface area (Å²) in [5.74, 6) is 1.04. The third-order valence-corrected chi connectivity index (χ3v) is 3.45. The van der Waals surface area contributed by atoms with Crippen LogP contribution in [0.3, 0.4) is 0 Å². The molecule has 0 bridgehead atoms. The van der Waals surface area contributed by atoms with E-state index in [1.165, 1.54) is 0 Å². The van der Waals surface area contributed by atoms with Gasteiger partial charge in [0.25, 0.3) is 0 Å². The van der Waals surface area contributed by atoms with Crippen LogP contribution in [0.2, 0.25) is 0 Å². The van der Waals surface area contributed by atoms with Crippen molar-refractivity contribution < 1.29 is 4.42 Å². The summed E-state index contributed by atoms with van der Waals surface area (Å²) in [5.41, 5.74) is 2.84. The first-order chi connectivity index (χ1) is 11.3. The molecular weight excluding hydrogens is 288 g/mol. The van der Waals surface area contributed by atoms with Crippen molar-refractivity contribution in [2.24, 2.45) is 0 Å². The Labute approximate surface area is 134 Å². The molecule has 0 aliphatic rings. The van der Waals surface area contributed by atoms with Crippen molar-refractivity contribution in [3.8, 4) is 17.5 Å². The normalized spacial score (nSPS) is 11.7. The molecule has 0 spiro atoms. The van der Waals surface area contributed by atoms with Gasteiger partial charge in [-0.3, -0.25) is 0 Å². The van der Waals surface area contributed by atoms with Crippen LogP contribution in [0.5, 0.6) is 0 Å². The van der Waals surface area contributed by atoms with E-state index in [0.717, 1.165) is 16.8 Å². The van der Waals surface area contributed by atoms with Gasteiger partial charge in [0, 0.05) is 11.3 Å². The first-order valence-electron chi connectivity index (χ1n) is 7.37. The van der Waals surface area contributed by atoms with Crippen LogP contribution in [0.15, 0.2) is 59.0 Å². The number of nitriles is 1. The molecule has 1 unspecified atom stereocenters. The molecule has 1 heterocycles. The summed E-state index contributed by atoms with van der Waals surface area (Å²) in [5, 5.41) is 20.2. The average molecular weight is 304 g/mol. The quantitative estimate of drug-likeness (QED) is 0.771. The van der Waals surface area contributed by atoms with Gasteiger partial charge >= 0.3 is 0 Å². The van der Waals surface area contributed by atoms with Crippen LogP contribution in [0.4, 0.5) is 5.69 Å². The predicted molar refractivity (Wildman–Crippen MR) is 87.5 cm³/mol. The molecule has 1 aromatic heterocycles. The van der Waals surface area contributed by atoms with E-state index in [0.29, 0.717) is 18.2 Å². The van der Waals surface area contributed by atoms with E-state index in [1.807, 2.05) is 61.5 Å². The van der Waals surface area contributed by atoms with E-state index in [1.54, 1.807) is 0 Å². The molecule has 0 aliphatic carbocycles. The van der Waals surface area contributed by atoms with E-state index in [-0.39, 0.29) is 6.04 Å². The van der Waals surface area contributed by atoms with Crippen LogP contribution in [0.25, 0.3) is 11.5 Å². The fourth-order valence-corrected chi connectivity index (χ4v) is 2.23. The topological polar surface area (TPSA) is 74.7 Å². The monoisotopic (exact) mass is 304 g/mol. The lowest BCUT2D eigenvalue weighted by Crippen LogP contribution is -2.06. The van der Waals surface area contributed by atoms with Gasteiger partial charge in [0.05, 0.1) is 12.5 Å². The van der Waals surface area contributed by atoms with Gasteiger partial charge in [-0.1, -0.05) is 30.3 Å². The van der Waals surface area contributed by atoms with Gasteiger partial charge in [0.2, 0.25) is 11.8 Å². The maximum absolute atomic E-state index is 8.69. The van der Waals surface area contributed by atoms with Crippen LogP contribution in [0, 0.1) is 11.3 Å². The zero-order valence-corrected chi connectivity index (χ0v) is 12.7. The van der Waals surface area contributed by atoms with Gasteiger partial charge < -0.3 is 9.73 Å². The minimum absolute atomic E-state index is 0.109. The van der Waals surface area contributed by atoms with Crippen molar-refractivity contribution in [3.05, 3.63) is 66.1 Å². The average Bonchev–Trinajstić information content (AvgIpc) is 3.08. The summed E-state index contributed by atoms with van der Waals surface area (Å²) >= 11 is 0. The second-order valence-corrected chi connectivity index (χ2v) is 5.21. The summed E-state index contributed by atoms with van der Waals surface area (Å²) in [7, 11) is 0. The Balaban J connectivity index is 1.70. The second kappa shape index (κ2) is 6.75. The Bertz CT molecular complexity index is 803. The van der Waals surface area contributed by atoms with Gasteiger partial charge in [-0.05, 0) is 36.8 Å². The zero-order valence-electron chi connectivity index (χ0n) is 12.7. The molecule has 0 amide bonds. The van der Waals surface area contributed by atoms with Gasteiger partial charge in [-0.2, -0.15) is 5.26 Å². The fraction of sp³-hybridized carbons (Fsp3) is 0.167. The fourth-order valence-electron chi connectivity index (χ4n) is 2.23. The smallest absolute Gasteiger partial charge is 0.247 e. The molecular formula is C18H16N4O. The molecule has 5 heteroatoms. The maximum atomic E-state index is 8.69. The summed E-state index contributed by atoms with van der Waals surface area (Å²) in [6, 6.07) is 19.5. The minimum Gasteiger partial charge on any atom is -0.418 e. The number of hydrogen-bond donors (Lipinski definition) is 1.